The number of amides is 1. The van der Waals surface area contributed by atoms with Crippen molar-refractivity contribution in [3.05, 3.63) is 53.8 Å². The summed E-state index contributed by atoms with van der Waals surface area (Å²) in [6.45, 7) is 0. The molecule has 2 aromatic carbocycles. The molecule has 0 saturated heterocycles. The van der Waals surface area contributed by atoms with Gasteiger partial charge in [-0.15, -0.1) is 13.2 Å². The van der Waals surface area contributed by atoms with Crippen molar-refractivity contribution in [2.45, 2.75) is 6.36 Å². The van der Waals surface area contributed by atoms with Gasteiger partial charge in [0.15, 0.2) is 11.6 Å². The molecule has 0 bridgehead atoms. The lowest BCUT2D eigenvalue weighted by Gasteiger charge is -2.09. The van der Waals surface area contributed by atoms with Gasteiger partial charge in [0.1, 0.15) is 11.3 Å². The van der Waals surface area contributed by atoms with E-state index < -0.39 is 23.8 Å². The number of carbonyl (C=O) groups excluding carboxylic acids is 1. The topological polar surface area (TPSA) is 67.0 Å². The average molecular weight is 339 g/mol. The molecule has 3 aromatic rings. The zero-order chi connectivity index (χ0) is 17.3. The molecule has 5 nitrogen and oxygen atoms in total. The number of nitrogens with one attached hydrogen (secondary N) is 2. The number of benzene rings is 2. The van der Waals surface area contributed by atoms with Crippen LogP contribution in [0.4, 0.5) is 23.4 Å². The van der Waals surface area contributed by atoms with Gasteiger partial charge in [0.05, 0.1) is 0 Å². The molecular formula is C15H9F4N3O2. The summed E-state index contributed by atoms with van der Waals surface area (Å²) in [6.07, 6.45) is -4.85. The zero-order valence-electron chi connectivity index (χ0n) is 11.8. The number of fused-ring (bicyclic) bond motifs is 1. The van der Waals surface area contributed by atoms with Crippen molar-refractivity contribution in [3.63, 3.8) is 0 Å². The number of hydrogen-bond donors (Lipinski definition) is 2. The maximum absolute atomic E-state index is 12.9. The first-order chi connectivity index (χ1) is 11.3. The van der Waals surface area contributed by atoms with E-state index in [4.69, 9.17) is 0 Å². The second-order valence-corrected chi connectivity index (χ2v) is 4.76. The molecule has 124 valence electrons. The Morgan fingerprint density at radius 2 is 1.83 bits per heavy atom. The van der Waals surface area contributed by atoms with Crippen LogP contribution in [0.5, 0.6) is 5.75 Å². The number of hydrogen-bond acceptors (Lipinski definition) is 3. The molecule has 0 spiro atoms. The number of aromatic amines is 1. The molecule has 0 unspecified atom stereocenters. The molecule has 1 heterocycles. The SMILES string of the molecule is O=C(Nc1n[nH]c2c(OC(F)(F)F)cccc12)c1ccc(F)cc1. The fourth-order valence-electron chi connectivity index (χ4n) is 2.10. The largest absolute Gasteiger partial charge is 0.573 e. The van der Waals surface area contributed by atoms with E-state index in [0.29, 0.717) is 0 Å². The molecule has 2 N–H and O–H groups in total. The molecule has 1 amide bonds. The molecule has 0 aliphatic heterocycles. The van der Waals surface area contributed by atoms with Gasteiger partial charge in [-0.1, -0.05) is 6.07 Å². The smallest absolute Gasteiger partial charge is 0.403 e. The van der Waals surface area contributed by atoms with Crippen LogP contribution in [0.15, 0.2) is 42.5 Å². The van der Waals surface area contributed by atoms with Crippen molar-refractivity contribution >= 4 is 22.6 Å². The molecule has 0 saturated carbocycles. The van der Waals surface area contributed by atoms with E-state index >= 15 is 0 Å². The van der Waals surface area contributed by atoms with E-state index in [1.807, 2.05) is 0 Å². The Labute approximate surface area is 132 Å². The second kappa shape index (κ2) is 5.84. The minimum atomic E-state index is -4.85. The summed E-state index contributed by atoms with van der Waals surface area (Å²) < 4.78 is 53.9. The van der Waals surface area contributed by atoms with Gasteiger partial charge in [-0.05, 0) is 36.4 Å². The van der Waals surface area contributed by atoms with Crippen LogP contribution in [-0.4, -0.2) is 22.5 Å². The minimum absolute atomic E-state index is 0.00997. The molecule has 9 heteroatoms. The van der Waals surface area contributed by atoms with Gasteiger partial charge in [0.2, 0.25) is 0 Å². The lowest BCUT2D eigenvalue weighted by molar-refractivity contribution is -0.274. The highest BCUT2D eigenvalue weighted by Gasteiger charge is 2.32. The van der Waals surface area contributed by atoms with E-state index in [-0.39, 0.29) is 22.3 Å². The first kappa shape index (κ1) is 15.8. The van der Waals surface area contributed by atoms with Crippen molar-refractivity contribution in [1.29, 1.82) is 0 Å². The number of alkyl halides is 3. The molecule has 0 aliphatic carbocycles. The number of H-pyrrole nitrogens is 1. The number of nitrogens with zero attached hydrogens (tertiary/aromatic N) is 1. The van der Waals surface area contributed by atoms with Crippen molar-refractivity contribution < 1.29 is 27.1 Å². The number of carbonyl (C=O) groups is 1. The third-order valence-corrected chi connectivity index (χ3v) is 3.12. The monoisotopic (exact) mass is 339 g/mol. The Kier molecular flexibility index (Phi) is 3.84. The number of aromatic nitrogens is 2. The molecule has 3 rings (SSSR count). The summed E-state index contributed by atoms with van der Waals surface area (Å²) in [5, 5.41) is 8.88. The van der Waals surface area contributed by atoms with Crippen LogP contribution < -0.4 is 10.1 Å². The molecule has 0 atom stereocenters. The van der Waals surface area contributed by atoms with Crippen LogP contribution >= 0.6 is 0 Å². The predicted molar refractivity (Wildman–Crippen MR) is 77.1 cm³/mol. The van der Waals surface area contributed by atoms with E-state index in [0.717, 1.165) is 18.2 Å². The summed E-state index contributed by atoms with van der Waals surface area (Å²) in [7, 11) is 0. The Hall–Kier alpha value is -3.10. The van der Waals surface area contributed by atoms with E-state index in [1.165, 1.54) is 24.3 Å². The fourth-order valence-corrected chi connectivity index (χ4v) is 2.10. The zero-order valence-corrected chi connectivity index (χ0v) is 11.8. The third-order valence-electron chi connectivity index (χ3n) is 3.12. The van der Waals surface area contributed by atoms with Crippen LogP contribution in [0.1, 0.15) is 10.4 Å². The number of rotatable bonds is 3. The Balaban J connectivity index is 1.89. The molecule has 1 aromatic heterocycles. The number of halogens is 4. The van der Waals surface area contributed by atoms with Crippen LogP contribution in [-0.2, 0) is 0 Å². The van der Waals surface area contributed by atoms with Gasteiger partial charge in [-0.25, -0.2) is 4.39 Å². The number of para-hydroxylation sites is 1. The summed E-state index contributed by atoms with van der Waals surface area (Å²) in [5.74, 6) is -1.50. The van der Waals surface area contributed by atoms with Gasteiger partial charge in [0.25, 0.3) is 5.91 Å². The van der Waals surface area contributed by atoms with Crippen molar-refractivity contribution in [3.8, 4) is 5.75 Å². The Morgan fingerprint density at radius 3 is 2.50 bits per heavy atom. The van der Waals surface area contributed by atoms with Gasteiger partial charge in [-0.2, -0.15) is 5.10 Å². The number of ether oxygens (including phenoxy) is 1. The van der Waals surface area contributed by atoms with Crippen molar-refractivity contribution in [2.75, 3.05) is 5.32 Å². The third kappa shape index (κ3) is 3.29. The first-order valence-corrected chi connectivity index (χ1v) is 6.63. The van der Waals surface area contributed by atoms with E-state index in [2.05, 4.69) is 20.3 Å². The predicted octanol–water partition coefficient (Wildman–Crippen LogP) is 3.85. The summed E-state index contributed by atoms with van der Waals surface area (Å²) >= 11 is 0. The normalized spacial score (nSPS) is 11.5. The highest BCUT2D eigenvalue weighted by atomic mass is 19.4. The molecule has 0 radical (unpaired) electrons. The lowest BCUT2D eigenvalue weighted by Crippen LogP contribution is -2.17. The van der Waals surface area contributed by atoms with Crippen LogP contribution in [0.25, 0.3) is 10.9 Å². The minimum Gasteiger partial charge on any atom is -0.403 e. The van der Waals surface area contributed by atoms with Gasteiger partial charge >= 0.3 is 6.36 Å². The molecule has 24 heavy (non-hydrogen) atoms. The van der Waals surface area contributed by atoms with E-state index in [9.17, 15) is 22.4 Å². The highest BCUT2D eigenvalue weighted by molar-refractivity contribution is 6.08. The maximum atomic E-state index is 12.9. The van der Waals surface area contributed by atoms with Crippen LogP contribution in [0.2, 0.25) is 0 Å². The summed E-state index contributed by atoms with van der Waals surface area (Å²) in [6, 6.07) is 8.73. The van der Waals surface area contributed by atoms with E-state index in [1.54, 1.807) is 0 Å². The average Bonchev–Trinajstić information content (AvgIpc) is 2.91. The van der Waals surface area contributed by atoms with Gasteiger partial charge < -0.3 is 10.1 Å². The Morgan fingerprint density at radius 1 is 1.12 bits per heavy atom. The fraction of sp³-hybridized carbons (Fsp3) is 0.0667. The first-order valence-electron chi connectivity index (χ1n) is 6.63. The van der Waals surface area contributed by atoms with Crippen LogP contribution in [0, 0.1) is 5.82 Å². The van der Waals surface area contributed by atoms with Gasteiger partial charge in [0, 0.05) is 10.9 Å². The van der Waals surface area contributed by atoms with Crippen LogP contribution in [0.3, 0.4) is 0 Å². The Bertz CT molecular complexity index is 888. The molecular weight excluding hydrogens is 330 g/mol. The summed E-state index contributed by atoms with van der Waals surface area (Å²) in [4.78, 5) is 12.1. The highest BCUT2D eigenvalue weighted by Crippen LogP contribution is 2.32. The standard InChI is InChI=1S/C15H9F4N3O2/c16-9-6-4-8(5-7-9)14(23)20-13-10-2-1-3-11(12(10)21-22-13)24-15(17,18)19/h1-7H,(H2,20,21,22,23). The summed E-state index contributed by atoms with van der Waals surface area (Å²) in [5.41, 5.74) is 0.166. The van der Waals surface area contributed by atoms with Crippen molar-refractivity contribution in [1.82, 2.24) is 10.2 Å². The second-order valence-electron chi connectivity index (χ2n) is 4.76. The quantitative estimate of drug-likeness (QED) is 0.712. The van der Waals surface area contributed by atoms with Gasteiger partial charge in [-0.3, -0.25) is 9.89 Å². The lowest BCUT2D eigenvalue weighted by atomic mass is 10.2. The van der Waals surface area contributed by atoms with Crippen molar-refractivity contribution in [2.24, 2.45) is 0 Å². The maximum Gasteiger partial charge on any atom is 0.573 e. The molecule has 0 aliphatic rings. The molecule has 0 fully saturated rings. The number of anilines is 1.